The second kappa shape index (κ2) is 5.91. The van der Waals surface area contributed by atoms with Crippen LogP contribution in [0.5, 0.6) is 0 Å². The van der Waals surface area contributed by atoms with E-state index in [1.807, 2.05) is 6.07 Å². The van der Waals surface area contributed by atoms with Crippen molar-refractivity contribution in [3.63, 3.8) is 0 Å². The van der Waals surface area contributed by atoms with Gasteiger partial charge in [0.15, 0.2) is 5.69 Å². The van der Waals surface area contributed by atoms with Crippen LogP contribution < -0.4 is 5.32 Å². The number of hydrogen-bond donors (Lipinski definition) is 1. The van der Waals surface area contributed by atoms with E-state index in [1.165, 1.54) is 6.20 Å². The predicted octanol–water partition coefficient (Wildman–Crippen LogP) is 2.84. The number of fused-ring (bicyclic) bond motifs is 1. The summed E-state index contributed by atoms with van der Waals surface area (Å²) in [6.45, 7) is 1.11. The molecule has 0 fully saturated rings. The van der Waals surface area contributed by atoms with Crippen LogP contribution in [0.15, 0.2) is 24.5 Å². The summed E-state index contributed by atoms with van der Waals surface area (Å²) >= 11 is 0. The van der Waals surface area contributed by atoms with E-state index in [1.54, 1.807) is 16.7 Å². The van der Waals surface area contributed by atoms with Gasteiger partial charge in [-0.1, -0.05) is 0 Å². The molecular formula is C15H14F3N5. The monoisotopic (exact) mass is 321 g/mol. The highest BCUT2D eigenvalue weighted by Gasteiger charge is 2.35. The number of nitriles is 1. The molecule has 0 spiro atoms. The van der Waals surface area contributed by atoms with E-state index in [2.05, 4.69) is 15.3 Å². The number of alkyl halides is 3. The van der Waals surface area contributed by atoms with Gasteiger partial charge in [0.2, 0.25) is 0 Å². The molecule has 1 atom stereocenters. The summed E-state index contributed by atoms with van der Waals surface area (Å²) < 4.78 is 39.6. The number of hydrogen-bond acceptors (Lipinski definition) is 4. The minimum atomic E-state index is -4.40. The Morgan fingerprint density at radius 2 is 2.22 bits per heavy atom. The average Bonchev–Trinajstić information content (AvgIpc) is 2.97. The Kier molecular flexibility index (Phi) is 3.94. The third kappa shape index (κ3) is 3.44. The fourth-order valence-electron chi connectivity index (χ4n) is 2.63. The van der Waals surface area contributed by atoms with E-state index in [9.17, 15) is 13.2 Å². The number of aryl methyl sites for hydroxylation is 1. The molecule has 5 nitrogen and oxygen atoms in total. The number of aromatic nitrogens is 3. The van der Waals surface area contributed by atoms with Crippen molar-refractivity contribution in [3.05, 3.63) is 41.6 Å². The molecule has 1 aliphatic heterocycles. The van der Waals surface area contributed by atoms with Gasteiger partial charge >= 0.3 is 6.18 Å². The van der Waals surface area contributed by atoms with Crippen LogP contribution in [0, 0.1) is 17.2 Å². The minimum absolute atomic E-state index is 0.204. The van der Waals surface area contributed by atoms with Crippen LogP contribution in [0.4, 0.5) is 19.0 Å². The van der Waals surface area contributed by atoms with Gasteiger partial charge in [-0.3, -0.25) is 0 Å². The van der Waals surface area contributed by atoms with Gasteiger partial charge in [0.25, 0.3) is 0 Å². The van der Waals surface area contributed by atoms with Gasteiger partial charge in [-0.25, -0.2) is 9.97 Å². The zero-order valence-electron chi connectivity index (χ0n) is 12.1. The Hall–Kier alpha value is -2.56. The predicted molar refractivity (Wildman–Crippen MR) is 76.5 cm³/mol. The van der Waals surface area contributed by atoms with Crippen molar-refractivity contribution in [2.45, 2.75) is 25.6 Å². The summed E-state index contributed by atoms with van der Waals surface area (Å²) in [5, 5.41) is 11.9. The molecule has 1 N–H and O–H groups in total. The lowest BCUT2D eigenvalue weighted by atomic mass is 9.99. The molecule has 0 aliphatic carbocycles. The zero-order chi connectivity index (χ0) is 16.4. The number of nitrogens with one attached hydrogen (secondary N) is 1. The first-order valence-electron chi connectivity index (χ1n) is 7.19. The molecule has 120 valence electrons. The largest absolute Gasteiger partial charge is 0.434 e. The first kappa shape index (κ1) is 15.3. The lowest BCUT2D eigenvalue weighted by Crippen LogP contribution is -2.26. The number of pyridine rings is 1. The van der Waals surface area contributed by atoms with Crippen molar-refractivity contribution in [1.82, 2.24) is 14.5 Å². The number of rotatable bonds is 3. The summed E-state index contributed by atoms with van der Waals surface area (Å²) in [6.07, 6.45) is -0.528. The molecule has 0 bridgehead atoms. The molecule has 2 aromatic rings. The number of anilines is 1. The maximum absolute atomic E-state index is 12.7. The lowest BCUT2D eigenvalue weighted by molar-refractivity contribution is -0.141. The van der Waals surface area contributed by atoms with E-state index in [0.717, 1.165) is 12.6 Å². The van der Waals surface area contributed by atoms with Crippen molar-refractivity contribution >= 4 is 5.82 Å². The van der Waals surface area contributed by atoms with Gasteiger partial charge in [-0.15, -0.1) is 0 Å². The zero-order valence-corrected chi connectivity index (χ0v) is 12.1. The topological polar surface area (TPSA) is 66.5 Å². The highest BCUT2D eigenvalue weighted by molar-refractivity contribution is 5.38. The lowest BCUT2D eigenvalue weighted by Gasteiger charge is -2.24. The van der Waals surface area contributed by atoms with Gasteiger partial charge < -0.3 is 9.88 Å². The molecule has 0 radical (unpaired) electrons. The SMILES string of the molecule is N#Cc1ccc(NCC2CCc3nc(C(F)(F)F)cn3C2)nc1. The van der Waals surface area contributed by atoms with Gasteiger partial charge in [-0.05, 0) is 24.5 Å². The summed E-state index contributed by atoms with van der Waals surface area (Å²) in [4.78, 5) is 7.78. The van der Waals surface area contributed by atoms with E-state index >= 15 is 0 Å². The highest BCUT2D eigenvalue weighted by Crippen LogP contribution is 2.30. The Morgan fingerprint density at radius 3 is 2.87 bits per heavy atom. The van der Waals surface area contributed by atoms with Crippen LogP contribution in [-0.4, -0.2) is 21.1 Å². The Balaban J connectivity index is 1.61. The summed E-state index contributed by atoms with van der Waals surface area (Å²) in [5.41, 5.74) is -0.342. The molecule has 0 saturated heterocycles. The van der Waals surface area contributed by atoms with Crippen molar-refractivity contribution < 1.29 is 13.2 Å². The number of nitrogens with zero attached hydrogens (tertiary/aromatic N) is 4. The fourth-order valence-corrected chi connectivity index (χ4v) is 2.63. The summed E-state index contributed by atoms with van der Waals surface area (Å²) in [5.74, 6) is 1.34. The van der Waals surface area contributed by atoms with E-state index < -0.39 is 11.9 Å². The highest BCUT2D eigenvalue weighted by atomic mass is 19.4. The second-order valence-corrected chi connectivity index (χ2v) is 5.52. The van der Waals surface area contributed by atoms with Crippen LogP contribution in [0.3, 0.4) is 0 Å². The molecule has 0 amide bonds. The number of imidazole rings is 1. The van der Waals surface area contributed by atoms with Gasteiger partial charge in [-0.2, -0.15) is 18.4 Å². The maximum Gasteiger partial charge on any atom is 0.434 e. The molecule has 3 rings (SSSR count). The van der Waals surface area contributed by atoms with Crippen LogP contribution in [0.2, 0.25) is 0 Å². The van der Waals surface area contributed by atoms with E-state index in [4.69, 9.17) is 5.26 Å². The first-order valence-corrected chi connectivity index (χ1v) is 7.19. The Labute approximate surface area is 130 Å². The van der Waals surface area contributed by atoms with Crippen LogP contribution in [0.25, 0.3) is 0 Å². The van der Waals surface area contributed by atoms with E-state index in [0.29, 0.717) is 36.7 Å². The first-order chi connectivity index (χ1) is 11.0. The molecule has 23 heavy (non-hydrogen) atoms. The van der Waals surface area contributed by atoms with Crippen molar-refractivity contribution in [2.75, 3.05) is 11.9 Å². The summed E-state index contributed by atoms with van der Waals surface area (Å²) in [6, 6.07) is 5.37. The molecule has 0 saturated carbocycles. The standard InChI is InChI=1S/C15H14F3N5/c16-15(17,18)12-9-23-8-11(2-4-14(23)22-12)7-21-13-3-1-10(5-19)6-20-13/h1,3,6,9,11H,2,4,7-8H2,(H,20,21). The van der Waals surface area contributed by atoms with Crippen LogP contribution >= 0.6 is 0 Å². The quantitative estimate of drug-likeness (QED) is 0.944. The molecule has 1 aliphatic rings. The molecule has 0 aromatic carbocycles. The third-order valence-electron chi connectivity index (χ3n) is 3.85. The van der Waals surface area contributed by atoms with Crippen molar-refractivity contribution in [1.29, 1.82) is 5.26 Å². The van der Waals surface area contributed by atoms with E-state index in [-0.39, 0.29) is 5.92 Å². The van der Waals surface area contributed by atoms with Crippen molar-refractivity contribution in [2.24, 2.45) is 5.92 Å². The second-order valence-electron chi connectivity index (χ2n) is 5.52. The molecule has 8 heteroatoms. The van der Waals surface area contributed by atoms with Crippen LogP contribution in [0.1, 0.15) is 23.5 Å². The molecular weight excluding hydrogens is 307 g/mol. The molecule has 2 aromatic heterocycles. The van der Waals surface area contributed by atoms with Crippen molar-refractivity contribution in [3.8, 4) is 6.07 Å². The smallest absolute Gasteiger partial charge is 0.370 e. The normalized spacial score (nSPS) is 17.4. The molecule has 3 heterocycles. The third-order valence-corrected chi connectivity index (χ3v) is 3.85. The van der Waals surface area contributed by atoms with Gasteiger partial charge in [0, 0.05) is 31.9 Å². The minimum Gasteiger partial charge on any atom is -0.370 e. The average molecular weight is 321 g/mol. The van der Waals surface area contributed by atoms with Gasteiger partial charge in [0.05, 0.1) is 5.56 Å². The fraction of sp³-hybridized carbons (Fsp3) is 0.400. The van der Waals surface area contributed by atoms with Crippen LogP contribution in [-0.2, 0) is 19.1 Å². The van der Waals surface area contributed by atoms with Gasteiger partial charge in [0.1, 0.15) is 17.7 Å². The maximum atomic E-state index is 12.7. The number of halogens is 3. The summed E-state index contributed by atoms with van der Waals surface area (Å²) in [7, 11) is 0. The molecule has 1 unspecified atom stereocenters. The Morgan fingerprint density at radius 1 is 1.39 bits per heavy atom. The Bertz CT molecular complexity index is 727.